The molecule has 1 aliphatic rings. The molecule has 0 spiro atoms. The fraction of sp³-hybridized carbons (Fsp3) is 0.333. The van der Waals surface area contributed by atoms with Crippen LogP contribution in [0.5, 0.6) is 0 Å². The van der Waals surface area contributed by atoms with E-state index in [4.69, 9.17) is 5.73 Å². The van der Waals surface area contributed by atoms with Crippen LogP contribution in [0.1, 0.15) is 35.1 Å². The van der Waals surface area contributed by atoms with Crippen LogP contribution >= 0.6 is 0 Å². The summed E-state index contributed by atoms with van der Waals surface area (Å²) in [7, 11) is 0. The van der Waals surface area contributed by atoms with Crippen LogP contribution in [0.3, 0.4) is 0 Å². The summed E-state index contributed by atoms with van der Waals surface area (Å²) in [4.78, 5) is 0. The van der Waals surface area contributed by atoms with Crippen LogP contribution in [-0.2, 0) is 18.4 Å². The molecule has 98 valence electrons. The van der Waals surface area contributed by atoms with Crippen LogP contribution in [0, 0.1) is 6.92 Å². The van der Waals surface area contributed by atoms with Gasteiger partial charge in [0.1, 0.15) is 0 Å². The highest BCUT2D eigenvalue weighted by Crippen LogP contribution is 2.35. The minimum Gasteiger partial charge on any atom is -0.321 e. The number of benzene rings is 2. The van der Waals surface area contributed by atoms with Gasteiger partial charge in [-0.15, -0.1) is 0 Å². The van der Waals surface area contributed by atoms with Crippen molar-refractivity contribution in [1.29, 1.82) is 0 Å². The Balaban J connectivity index is 1.96. The summed E-state index contributed by atoms with van der Waals surface area (Å²) in [5.41, 5.74) is 12.0. The molecule has 0 aromatic heterocycles. The Bertz CT molecular complexity index is 588. The van der Waals surface area contributed by atoms with E-state index in [-0.39, 0.29) is 5.54 Å². The van der Waals surface area contributed by atoms with Gasteiger partial charge in [0.2, 0.25) is 0 Å². The topological polar surface area (TPSA) is 26.0 Å². The summed E-state index contributed by atoms with van der Waals surface area (Å²) in [5, 5.41) is 0. The Morgan fingerprint density at radius 1 is 1.11 bits per heavy atom. The number of fused-ring (bicyclic) bond motifs is 1. The van der Waals surface area contributed by atoms with Gasteiger partial charge < -0.3 is 5.73 Å². The lowest BCUT2D eigenvalue weighted by molar-refractivity contribution is 0.369. The van der Waals surface area contributed by atoms with Crippen molar-refractivity contribution in [1.82, 2.24) is 0 Å². The number of hydrogen-bond donors (Lipinski definition) is 1. The Kier molecular flexibility index (Phi) is 3.16. The van der Waals surface area contributed by atoms with Gasteiger partial charge in [0.25, 0.3) is 0 Å². The zero-order chi connectivity index (χ0) is 13.3. The van der Waals surface area contributed by atoms with Crippen LogP contribution in [0.4, 0.5) is 0 Å². The van der Waals surface area contributed by atoms with Crippen molar-refractivity contribution in [2.24, 2.45) is 5.73 Å². The standard InChI is InChI=1S/C18H21N/c1-14-6-4-7-15(12-14)13-18(19)11-5-9-16-8-2-3-10-17(16)18/h2-4,6-8,10,12H,5,9,11,13,19H2,1H3. The minimum atomic E-state index is -0.192. The lowest BCUT2D eigenvalue weighted by Crippen LogP contribution is -2.42. The SMILES string of the molecule is Cc1cccc(CC2(N)CCCc3ccccc32)c1. The van der Waals surface area contributed by atoms with Gasteiger partial charge in [-0.1, -0.05) is 54.1 Å². The summed E-state index contributed by atoms with van der Waals surface area (Å²) in [6.07, 6.45) is 4.38. The van der Waals surface area contributed by atoms with Crippen molar-refractivity contribution in [3.05, 3.63) is 70.8 Å². The molecule has 0 fully saturated rings. The number of hydrogen-bond acceptors (Lipinski definition) is 1. The summed E-state index contributed by atoms with van der Waals surface area (Å²) in [6, 6.07) is 17.4. The van der Waals surface area contributed by atoms with Crippen molar-refractivity contribution < 1.29 is 0 Å². The van der Waals surface area contributed by atoms with Gasteiger partial charge in [-0.3, -0.25) is 0 Å². The van der Waals surface area contributed by atoms with E-state index < -0.39 is 0 Å². The van der Waals surface area contributed by atoms with Crippen molar-refractivity contribution in [3.8, 4) is 0 Å². The first-order valence-electron chi connectivity index (χ1n) is 7.10. The highest BCUT2D eigenvalue weighted by molar-refractivity contribution is 5.38. The molecule has 19 heavy (non-hydrogen) atoms. The van der Waals surface area contributed by atoms with E-state index in [2.05, 4.69) is 55.5 Å². The van der Waals surface area contributed by atoms with Gasteiger partial charge in [-0.2, -0.15) is 0 Å². The van der Waals surface area contributed by atoms with Gasteiger partial charge in [0.15, 0.2) is 0 Å². The maximum absolute atomic E-state index is 6.75. The fourth-order valence-corrected chi connectivity index (χ4v) is 3.32. The molecule has 0 radical (unpaired) electrons. The first-order valence-corrected chi connectivity index (χ1v) is 7.10. The second-order valence-corrected chi connectivity index (χ2v) is 5.83. The Morgan fingerprint density at radius 2 is 1.95 bits per heavy atom. The van der Waals surface area contributed by atoms with Crippen molar-refractivity contribution in [3.63, 3.8) is 0 Å². The van der Waals surface area contributed by atoms with E-state index in [0.717, 1.165) is 12.8 Å². The Labute approximate surface area is 115 Å². The normalized spacial score (nSPS) is 22.0. The van der Waals surface area contributed by atoms with Gasteiger partial charge in [0.05, 0.1) is 0 Å². The molecular weight excluding hydrogens is 230 g/mol. The molecule has 1 heteroatoms. The van der Waals surface area contributed by atoms with Gasteiger partial charge in [0, 0.05) is 5.54 Å². The van der Waals surface area contributed by atoms with Crippen LogP contribution in [0.25, 0.3) is 0 Å². The predicted molar refractivity (Wildman–Crippen MR) is 80.1 cm³/mol. The van der Waals surface area contributed by atoms with E-state index >= 15 is 0 Å². The molecule has 2 aromatic rings. The van der Waals surface area contributed by atoms with Crippen LogP contribution < -0.4 is 5.73 Å². The molecule has 0 saturated carbocycles. The van der Waals surface area contributed by atoms with Gasteiger partial charge >= 0.3 is 0 Å². The lowest BCUT2D eigenvalue weighted by Gasteiger charge is -2.36. The zero-order valence-corrected chi connectivity index (χ0v) is 11.5. The monoisotopic (exact) mass is 251 g/mol. The molecular formula is C18H21N. The zero-order valence-electron chi connectivity index (χ0n) is 11.5. The van der Waals surface area contributed by atoms with Crippen LogP contribution in [-0.4, -0.2) is 0 Å². The average Bonchev–Trinajstić information content (AvgIpc) is 2.39. The molecule has 1 nitrogen and oxygen atoms in total. The first kappa shape index (κ1) is 12.4. The van der Waals surface area contributed by atoms with Crippen molar-refractivity contribution >= 4 is 0 Å². The number of aryl methyl sites for hydroxylation is 2. The minimum absolute atomic E-state index is 0.192. The molecule has 0 bridgehead atoms. The molecule has 1 aliphatic carbocycles. The summed E-state index contributed by atoms with van der Waals surface area (Å²) in [5.74, 6) is 0. The third kappa shape index (κ3) is 2.43. The largest absolute Gasteiger partial charge is 0.321 e. The number of rotatable bonds is 2. The molecule has 2 aromatic carbocycles. The molecule has 2 N–H and O–H groups in total. The second-order valence-electron chi connectivity index (χ2n) is 5.83. The molecule has 1 unspecified atom stereocenters. The van der Waals surface area contributed by atoms with Gasteiger partial charge in [-0.05, 0) is 49.3 Å². The molecule has 0 aliphatic heterocycles. The van der Waals surface area contributed by atoms with E-state index in [1.54, 1.807) is 0 Å². The third-order valence-corrected chi connectivity index (χ3v) is 4.22. The smallest absolute Gasteiger partial charge is 0.0453 e. The van der Waals surface area contributed by atoms with Crippen molar-refractivity contribution in [2.45, 2.75) is 38.1 Å². The average molecular weight is 251 g/mol. The second kappa shape index (κ2) is 4.82. The molecule has 1 atom stereocenters. The highest BCUT2D eigenvalue weighted by Gasteiger charge is 2.32. The highest BCUT2D eigenvalue weighted by atomic mass is 14.7. The number of nitrogens with two attached hydrogens (primary N) is 1. The van der Waals surface area contributed by atoms with Gasteiger partial charge in [-0.25, -0.2) is 0 Å². The Morgan fingerprint density at radius 3 is 2.79 bits per heavy atom. The van der Waals surface area contributed by atoms with Crippen LogP contribution in [0.15, 0.2) is 48.5 Å². The van der Waals surface area contributed by atoms with E-state index in [0.29, 0.717) is 0 Å². The fourth-order valence-electron chi connectivity index (χ4n) is 3.32. The van der Waals surface area contributed by atoms with Crippen LogP contribution in [0.2, 0.25) is 0 Å². The maximum Gasteiger partial charge on any atom is 0.0453 e. The molecule has 0 heterocycles. The summed E-state index contributed by atoms with van der Waals surface area (Å²) in [6.45, 7) is 2.14. The Hall–Kier alpha value is -1.60. The van der Waals surface area contributed by atoms with Crippen molar-refractivity contribution in [2.75, 3.05) is 0 Å². The molecule has 0 saturated heterocycles. The predicted octanol–water partition coefficient (Wildman–Crippen LogP) is 3.73. The van der Waals surface area contributed by atoms with E-state index in [1.807, 2.05) is 0 Å². The summed E-state index contributed by atoms with van der Waals surface area (Å²) < 4.78 is 0. The maximum atomic E-state index is 6.75. The first-order chi connectivity index (χ1) is 9.17. The molecule has 3 rings (SSSR count). The van der Waals surface area contributed by atoms with E-state index in [9.17, 15) is 0 Å². The quantitative estimate of drug-likeness (QED) is 0.864. The lowest BCUT2D eigenvalue weighted by atomic mass is 9.74. The third-order valence-electron chi connectivity index (χ3n) is 4.22. The van der Waals surface area contributed by atoms with E-state index in [1.165, 1.54) is 35.1 Å². The molecule has 0 amide bonds. The summed E-state index contributed by atoms with van der Waals surface area (Å²) >= 11 is 0.